The molecule has 5 heteroatoms. The molecule has 0 radical (unpaired) electrons. The lowest BCUT2D eigenvalue weighted by molar-refractivity contribution is 0.0623. The average molecular weight is 311 g/mol. The first kappa shape index (κ1) is 13.7. The fraction of sp³-hybridized carbons (Fsp3) is 0.412. The van der Waals surface area contributed by atoms with Crippen molar-refractivity contribution in [3.63, 3.8) is 0 Å². The van der Waals surface area contributed by atoms with Crippen molar-refractivity contribution in [2.75, 3.05) is 19.6 Å². The van der Waals surface area contributed by atoms with Crippen molar-refractivity contribution >= 4 is 28.3 Å². The molecule has 1 aromatic heterocycles. The molecule has 5 rings (SSSR count). The third kappa shape index (κ3) is 2.29. The summed E-state index contributed by atoms with van der Waals surface area (Å²) in [4.78, 5) is 15.7. The van der Waals surface area contributed by atoms with Crippen LogP contribution >= 0.6 is 11.5 Å². The van der Waals surface area contributed by atoms with Crippen LogP contribution in [0, 0.1) is 18.3 Å². The van der Waals surface area contributed by atoms with E-state index in [2.05, 4.69) is 20.5 Å². The predicted octanol–water partition coefficient (Wildman–Crippen LogP) is 2.10. The molecular formula is C17H17N3OS. The molecule has 0 spiro atoms. The number of rotatable bonds is 2. The summed E-state index contributed by atoms with van der Waals surface area (Å²) < 4.78 is 4.36. The third-order valence-corrected chi connectivity index (χ3v) is 5.70. The van der Waals surface area contributed by atoms with E-state index in [0.717, 1.165) is 23.0 Å². The Morgan fingerprint density at radius 1 is 1.41 bits per heavy atom. The Balaban J connectivity index is 1.57. The van der Waals surface area contributed by atoms with Crippen molar-refractivity contribution in [1.82, 2.24) is 14.6 Å². The molecule has 4 heterocycles. The van der Waals surface area contributed by atoms with Crippen LogP contribution < -0.4 is 5.32 Å². The van der Waals surface area contributed by atoms with E-state index in [1.54, 1.807) is 0 Å². The highest BCUT2D eigenvalue weighted by Gasteiger charge is 2.35. The number of benzene rings is 1. The van der Waals surface area contributed by atoms with Crippen molar-refractivity contribution in [1.29, 1.82) is 0 Å². The van der Waals surface area contributed by atoms with Gasteiger partial charge in [0.2, 0.25) is 0 Å². The number of fused-ring (bicyclic) bond motifs is 4. The number of carbonyl (C=O) groups is 1. The zero-order valence-electron chi connectivity index (χ0n) is 12.2. The number of piperidine rings is 3. The van der Waals surface area contributed by atoms with E-state index in [1.165, 1.54) is 37.5 Å². The number of hydrogen-bond acceptors (Lipinski definition) is 4. The summed E-state index contributed by atoms with van der Waals surface area (Å²) in [5.41, 5.74) is 1.60. The minimum atomic E-state index is -0.000271. The van der Waals surface area contributed by atoms with Gasteiger partial charge in [-0.25, -0.2) is 0 Å². The van der Waals surface area contributed by atoms with E-state index in [9.17, 15) is 4.79 Å². The van der Waals surface area contributed by atoms with E-state index in [-0.39, 0.29) is 11.9 Å². The van der Waals surface area contributed by atoms with Gasteiger partial charge in [0.1, 0.15) is 4.88 Å². The van der Waals surface area contributed by atoms with Gasteiger partial charge in [-0.15, -0.1) is 6.42 Å². The molecule has 1 aromatic carbocycles. The Kier molecular flexibility index (Phi) is 3.36. The van der Waals surface area contributed by atoms with Crippen molar-refractivity contribution in [3.8, 4) is 12.3 Å². The Bertz CT molecular complexity index is 768. The Morgan fingerprint density at radius 3 is 2.91 bits per heavy atom. The van der Waals surface area contributed by atoms with Crippen LogP contribution in [0.3, 0.4) is 0 Å². The normalized spacial score (nSPS) is 26.8. The fourth-order valence-electron chi connectivity index (χ4n) is 3.56. The van der Waals surface area contributed by atoms with Crippen molar-refractivity contribution in [2.45, 2.75) is 18.9 Å². The highest BCUT2D eigenvalue weighted by molar-refractivity contribution is 7.09. The predicted molar refractivity (Wildman–Crippen MR) is 88.0 cm³/mol. The molecule has 4 nitrogen and oxygen atoms in total. The number of nitrogens with zero attached hydrogens (tertiary/aromatic N) is 2. The number of nitrogens with one attached hydrogen (secondary N) is 1. The molecule has 112 valence electrons. The monoisotopic (exact) mass is 311 g/mol. The van der Waals surface area contributed by atoms with E-state index >= 15 is 0 Å². The van der Waals surface area contributed by atoms with Crippen molar-refractivity contribution in [2.24, 2.45) is 5.92 Å². The molecular weight excluding hydrogens is 294 g/mol. The Morgan fingerprint density at radius 2 is 2.23 bits per heavy atom. The number of amides is 1. The number of carbonyl (C=O) groups excluding carboxylic acids is 1. The second-order valence-electron chi connectivity index (χ2n) is 6.11. The minimum Gasteiger partial charge on any atom is -0.347 e. The third-order valence-electron chi connectivity index (χ3n) is 4.82. The zero-order chi connectivity index (χ0) is 15.1. The number of terminal acetylenes is 1. The highest BCUT2D eigenvalue weighted by atomic mass is 32.1. The van der Waals surface area contributed by atoms with E-state index in [4.69, 9.17) is 6.42 Å². The Hall–Kier alpha value is -1.90. The van der Waals surface area contributed by atoms with Crippen LogP contribution in [0.25, 0.3) is 10.9 Å². The fourth-order valence-corrected chi connectivity index (χ4v) is 4.31. The molecule has 3 aliphatic rings. The zero-order valence-corrected chi connectivity index (χ0v) is 13.0. The summed E-state index contributed by atoms with van der Waals surface area (Å²) in [6, 6.07) is 5.90. The summed E-state index contributed by atoms with van der Waals surface area (Å²) in [7, 11) is 0. The van der Waals surface area contributed by atoms with E-state index < -0.39 is 0 Å². The highest BCUT2D eigenvalue weighted by Crippen LogP contribution is 2.29. The van der Waals surface area contributed by atoms with Gasteiger partial charge < -0.3 is 10.2 Å². The molecule has 22 heavy (non-hydrogen) atoms. The molecule has 2 bridgehead atoms. The Labute approximate surface area is 133 Å². The van der Waals surface area contributed by atoms with Crippen LogP contribution in [0.1, 0.15) is 28.1 Å². The lowest BCUT2D eigenvalue weighted by Crippen LogP contribution is -2.57. The van der Waals surface area contributed by atoms with Gasteiger partial charge in [-0.1, -0.05) is 5.92 Å². The van der Waals surface area contributed by atoms with Gasteiger partial charge in [-0.2, -0.15) is 4.37 Å². The van der Waals surface area contributed by atoms with Crippen LogP contribution in [0.4, 0.5) is 0 Å². The molecule has 0 saturated carbocycles. The first-order valence-electron chi connectivity index (χ1n) is 7.64. The van der Waals surface area contributed by atoms with Crippen molar-refractivity contribution in [3.05, 3.63) is 28.6 Å². The molecule has 0 aliphatic carbocycles. The van der Waals surface area contributed by atoms with Crippen LogP contribution in [0.15, 0.2) is 18.2 Å². The molecule has 1 N–H and O–H groups in total. The topological polar surface area (TPSA) is 45.2 Å². The van der Waals surface area contributed by atoms with Crippen LogP contribution in [0.5, 0.6) is 0 Å². The molecule has 3 saturated heterocycles. The summed E-state index contributed by atoms with van der Waals surface area (Å²) in [6.45, 7) is 3.33. The summed E-state index contributed by atoms with van der Waals surface area (Å²) in [6.07, 6.45) is 7.80. The number of hydrogen-bond donors (Lipinski definition) is 1. The van der Waals surface area contributed by atoms with Gasteiger partial charge in [-0.3, -0.25) is 4.79 Å². The van der Waals surface area contributed by atoms with Crippen LogP contribution in [-0.2, 0) is 0 Å². The van der Waals surface area contributed by atoms with Gasteiger partial charge in [0.05, 0.1) is 5.52 Å². The van der Waals surface area contributed by atoms with Crippen LogP contribution in [-0.4, -0.2) is 40.9 Å². The maximum atomic E-state index is 12.6. The quantitative estimate of drug-likeness (QED) is 0.864. The molecule has 3 aliphatic heterocycles. The summed E-state index contributed by atoms with van der Waals surface area (Å²) in [5, 5.41) is 4.11. The maximum absolute atomic E-state index is 12.6. The largest absolute Gasteiger partial charge is 0.347 e. The number of aromatic nitrogens is 1. The minimum absolute atomic E-state index is 0.000271. The second kappa shape index (κ2) is 5.38. The lowest BCUT2D eigenvalue weighted by atomic mass is 9.84. The van der Waals surface area contributed by atoms with Gasteiger partial charge in [0, 0.05) is 23.5 Å². The van der Waals surface area contributed by atoms with E-state index in [1.807, 2.05) is 18.2 Å². The lowest BCUT2D eigenvalue weighted by Gasteiger charge is -2.44. The summed E-state index contributed by atoms with van der Waals surface area (Å²) in [5.74, 6) is 3.23. The SMILES string of the molecule is C#Cc1ccc2c(C(=O)N[C@@H]3CN4CCC3CC4)snc2c1. The average Bonchev–Trinajstić information content (AvgIpc) is 2.99. The van der Waals surface area contributed by atoms with E-state index in [0.29, 0.717) is 10.8 Å². The van der Waals surface area contributed by atoms with Gasteiger partial charge >= 0.3 is 0 Å². The van der Waals surface area contributed by atoms with Gasteiger partial charge in [0.15, 0.2) is 0 Å². The molecule has 0 unspecified atom stereocenters. The second-order valence-corrected chi connectivity index (χ2v) is 6.88. The standard InChI is InChI=1S/C17H17N3OS/c1-2-11-3-4-13-14(9-11)19-22-16(13)17(21)18-15-10-20-7-5-12(15)6-8-20/h1,3-4,9,12,15H,5-8,10H2,(H,18,21)/t15-/m1/s1. The first-order chi connectivity index (χ1) is 10.7. The van der Waals surface area contributed by atoms with Gasteiger partial charge in [-0.05, 0) is 61.6 Å². The van der Waals surface area contributed by atoms with Crippen LogP contribution in [0.2, 0.25) is 0 Å². The molecule has 3 fully saturated rings. The van der Waals surface area contributed by atoms with Crippen molar-refractivity contribution < 1.29 is 4.79 Å². The summed E-state index contributed by atoms with van der Waals surface area (Å²) >= 11 is 1.25. The maximum Gasteiger partial charge on any atom is 0.263 e. The smallest absolute Gasteiger partial charge is 0.263 e. The van der Waals surface area contributed by atoms with Gasteiger partial charge in [0.25, 0.3) is 5.91 Å². The first-order valence-corrected chi connectivity index (χ1v) is 8.41. The molecule has 1 amide bonds. The molecule has 2 aromatic rings. The molecule has 1 atom stereocenters.